The molecule has 3 unspecified atom stereocenters. The minimum Gasteiger partial charge on any atom is -0.310 e. The van der Waals surface area contributed by atoms with Crippen molar-refractivity contribution in [1.82, 2.24) is 15.1 Å². The van der Waals surface area contributed by atoms with Gasteiger partial charge in [-0.1, -0.05) is 13.3 Å². The number of fused-ring (bicyclic) bond motifs is 1. The zero-order valence-electron chi connectivity index (χ0n) is 12.8. The highest BCUT2D eigenvalue weighted by atomic mass is 15.3. The second kappa shape index (κ2) is 5.71. The molecule has 0 radical (unpaired) electrons. The molecule has 0 bridgehead atoms. The van der Waals surface area contributed by atoms with Crippen molar-refractivity contribution in [2.75, 3.05) is 32.7 Å². The molecule has 0 spiro atoms. The molecule has 110 valence electrons. The van der Waals surface area contributed by atoms with Crippen LogP contribution in [0.2, 0.25) is 0 Å². The van der Waals surface area contributed by atoms with E-state index in [1.165, 1.54) is 71.2 Å². The van der Waals surface area contributed by atoms with Gasteiger partial charge in [0.2, 0.25) is 0 Å². The van der Waals surface area contributed by atoms with Gasteiger partial charge < -0.3 is 5.32 Å². The second-order valence-corrected chi connectivity index (χ2v) is 7.13. The van der Waals surface area contributed by atoms with Crippen LogP contribution in [-0.2, 0) is 0 Å². The third kappa shape index (κ3) is 2.84. The molecule has 3 fully saturated rings. The summed E-state index contributed by atoms with van der Waals surface area (Å²) in [7, 11) is 0. The van der Waals surface area contributed by atoms with Crippen LogP contribution in [0.25, 0.3) is 0 Å². The first-order valence-electron chi connectivity index (χ1n) is 8.45. The Morgan fingerprint density at radius 1 is 1.26 bits per heavy atom. The molecule has 0 amide bonds. The highest BCUT2D eigenvalue weighted by Crippen LogP contribution is 2.30. The highest BCUT2D eigenvalue weighted by Gasteiger charge is 2.40. The third-order valence-corrected chi connectivity index (χ3v) is 5.63. The fraction of sp³-hybridized carbons (Fsp3) is 1.00. The van der Waals surface area contributed by atoms with Gasteiger partial charge in [-0.25, -0.2) is 0 Å². The van der Waals surface area contributed by atoms with E-state index in [2.05, 4.69) is 29.0 Å². The topological polar surface area (TPSA) is 18.5 Å². The summed E-state index contributed by atoms with van der Waals surface area (Å²) in [4.78, 5) is 5.52. The smallest absolute Gasteiger partial charge is 0.0309 e. The summed E-state index contributed by atoms with van der Waals surface area (Å²) < 4.78 is 0. The molecule has 3 heterocycles. The predicted octanol–water partition coefficient (Wildman–Crippen LogP) is 2.08. The van der Waals surface area contributed by atoms with Crippen molar-refractivity contribution in [2.24, 2.45) is 0 Å². The summed E-state index contributed by atoms with van der Waals surface area (Å²) >= 11 is 0. The van der Waals surface area contributed by atoms with Crippen LogP contribution in [0.1, 0.15) is 52.4 Å². The van der Waals surface area contributed by atoms with Crippen LogP contribution in [0.15, 0.2) is 0 Å². The highest BCUT2D eigenvalue weighted by molar-refractivity contribution is 4.99. The average molecular weight is 265 g/mol. The number of hydrogen-bond acceptors (Lipinski definition) is 3. The van der Waals surface area contributed by atoms with Gasteiger partial charge in [-0.2, -0.15) is 0 Å². The van der Waals surface area contributed by atoms with Crippen LogP contribution >= 0.6 is 0 Å². The Morgan fingerprint density at radius 3 is 2.89 bits per heavy atom. The van der Waals surface area contributed by atoms with Crippen LogP contribution in [0.4, 0.5) is 0 Å². The molecule has 3 heteroatoms. The van der Waals surface area contributed by atoms with Gasteiger partial charge in [-0.15, -0.1) is 0 Å². The summed E-state index contributed by atoms with van der Waals surface area (Å²) in [5.41, 5.74) is 0.434. The number of rotatable bonds is 4. The van der Waals surface area contributed by atoms with Crippen LogP contribution in [0.5, 0.6) is 0 Å². The Morgan fingerprint density at radius 2 is 2.16 bits per heavy atom. The Hall–Kier alpha value is -0.120. The van der Waals surface area contributed by atoms with Crippen molar-refractivity contribution in [2.45, 2.75) is 70.0 Å². The van der Waals surface area contributed by atoms with E-state index < -0.39 is 0 Å². The molecule has 3 saturated heterocycles. The van der Waals surface area contributed by atoms with E-state index in [1.54, 1.807) is 0 Å². The lowest BCUT2D eigenvalue weighted by atomic mass is 9.90. The van der Waals surface area contributed by atoms with Crippen molar-refractivity contribution in [3.05, 3.63) is 0 Å². The van der Waals surface area contributed by atoms with Gasteiger partial charge in [-0.05, 0) is 52.1 Å². The Balaban J connectivity index is 1.64. The van der Waals surface area contributed by atoms with Gasteiger partial charge in [-0.3, -0.25) is 9.80 Å². The van der Waals surface area contributed by atoms with E-state index in [4.69, 9.17) is 0 Å². The zero-order chi connectivity index (χ0) is 13.3. The van der Waals surface area contributed by atoms with Gasteiger partial charge in [0.05, 0.1) is 0 Å². The lowest BCUT2D eigenvalue weighted by Gasteiger charge is -2.46. The summed E-state index contributed by atoms with van der Waals surface area (Å²) in [6.07, 6.45) is 8.27. The van der Waals surface area contributed by atoms with Crippen LogP contribution in [0, 0.1) is 0 Å². The average Bonchev–Trinajstić information content (AvgIpc) is 3.00. The normalized spacial score (nSPS) is 40.7. The molecule has 3 aliphatic heterocycles. The molecular formula is C16H31N3. The lowest BCUT2D eigenvalue weighted by molar-refractivity contribution is 0.0379. The van der Waals surface area contributed by atoms with Crippen molar-refractivity contribution >= 4 is 0 Å². The maximum Gasteiger partial charge on any atom is 0.0309 e. The molecule has 19 heavy (non-hydrogen) atoms. The standard InChI is InChI=1S/C16H31N3/c1-3-7-16(8-5-9-17-16)13-19-12-15-6-4-10-18(15)11-14(19)2/h14-15,17H,3-13H2,1-2H3. The summed E-state index contributed by atoms with van der Waals surface area (Å²) in [5, 5.41) is 3.84. The van der Waals surface area contributed by atoms with Gasteiger partial charge in [0.25, 0.3) is 0 Å². The zero-order valence-corrected chi connectivity index (χ0v) is 12.8. The molecule has 3 nitrogen and oxygen atoms in total. The maximum absolute atomic E-state index is 3.84. The van der Waals surface area contributed by atoms with Crippen molar-refractivity contribution < 1.29 is 0 Å². The Kier molecular flexibility index (Phi) is 4.16. The van der Waals surface area contributed by atoms with Crippen molar-refractivity contribution in [3.8, 4) is 0 Å². The molecular weight excluding hydrogens is 234 g/mol. The minimum atomic E-state index is 0.434. The fourth-order valence-corrected chi connectivity index (χ4v) is 4.63. The molecule has 0 aromatic carbocycles. The molecule has 0 aromatic heterocycles. The van der Waals surface area contributed by atoms with E-state index in [0.717, 1.165) is 12.1 Å². The van der Waals surface area contributed by atoms with Crippen molar-refractivity contribution in [1.29, 1.82) is 0 Å². The Labute approximate surface area is 118 Å². The molecule has 0 saturated carbocycles. The minimum absolute atomic E-state index is 0.434. The summed E-state index contributed by atoms with van der Waals surface area (Å²) in [6.45, 7) is 11.2. The molecule has 1 N–H and O–H groups in total. The lowest BCUT2D eigenvalue weighted by Crippen LogP contribution is -2.60. The largest absolute Gasteiger partial charge is 0.310 e. The molecule has 3 aliphatic rings. The first-order chi connectivity index (χ1) is 9.22. The van der Waals surface area contributed by atoms with E-state index in [1.807, 2.05) is 0 Å². The van der Waals surface area contributed by atoms with E-state index in [0.29, 0.717) is 5.54 Å². The number of hydrogen-bond donors (Lipinski definition) is 1. The van der Waals surface area contributed by atoms with Gasteiger partial charge in [0, 0.05) is 37.3 Å². The summed E-state index contributed by atoms with van der Waals surface area (Å²) in [6, 6.07) is 1.60. The SMILES string of the molecule is CCCC1(CN2CC3CCCN3CC2C)CCCN1. The second-order valence-electron chi connectivity index (χ2n) is 7.13. The van der Waals surface area contributed by atoms with Crippen LogP contribution in [0.3, 0.4) is 0 Å². The van der Waals surface area contributed by atoms with E-state index in [9.17, 15) is 0 Å². The van der Waals surface area contributed by atoms with E-state index in [-0.39, 0.29) is 0 Å². The molecule has 0 aliphatic carbocycles. The monoisotopic (exact) mass is 265 g/mol. The predicted molar refractivity (Wildman–Crippen MR) is 80.5 cm³/mol. The van der Waals surface area contributed by atoms with Crippen LogP contribution in [-0.4, -0.2) is 60.1 Å². The van der Waals surface area contributed by atoms with Gasteiger partial charge in [0.15, 0.2) is 0 Å². The molecule has 3 atom stereocenters. The number of piperazine rings is 1. The number of nitrogens with zero attached hydrogens (tertiary/aromatic N) is 2. The Bertz CT molecular complexity index is 298. The van der Waals surface area contributed by atoms with E-state index >= 15 is 0 Å². The third-order valence-electron chi connectivity index (χ3n) is 5.63. The summed E-state index contributed by atoms with van der Waals surface area (Å²) in [5.74, 6) is 0. The van der Waals surface area contributed by atoms with Gasteiger partial charge >= 0.3 is 0 Å². The van der Waals surface area contributed by atoms with Crippen molar-refractivity contribution in [3.63, 3.8) is 0 Å². The maximum atomic E-state index is 3.84. The first kappa shape index (κ1) is 13.8. The quantitative estimate of drug-likeness (QED) is 0.839. The molecule has 0 aromatic rings. The van der Waals surface area contributed by atoms with Crippen LogP contribution < -0.4 is 5.32 Å². The first-order valence-corrected chi connectivity index (χ1v) is 8.45. The van der Waals surface area contributed by atoms with Gasteiger partial charge in [0.1, 0.15) is 0 Å². The molecule has 3 rings (SSSR count). The fourth-order valence-electron chi connectivity index (χ4n) is 4.63. The number of nitrogens with one attached hydrogen (secondary N) is 1.